The number of para-hydroxylation sites is 1. The Bertz CT molecular complexity index is 1110. The van der Waals surface area contributed by atoms with Gasteiger partial charge in [-0.2, -0.15) is 0 Å². The van der Waals surface area contributed by atoms with Crippen LogP contribution in [-0.2, 0) is 11.3 Å². The number of hydrogen-bond acceptors (Lipinski definition) is 5. The molecule has 0 radical (unpaired) electrons. The van der Waals surface area contributed by atoms with Gasteiger partial charge >= 0.3 is 0 Å². The summed E-state index contributed by atoms with van der Waals surface area (Å²) in [4.78, 5) is 26.4. The minimum Gasteiger partial charge on any atom is -0.504 e. The first-order chi connectivity index (χ1) is 14.0. The number of rotatable bonds is 4. The summed E-state index contributed by atoms with van der Waals surface area (Å²) in [5, 5.41) is 19.1. The van der Waals surface area contributed by atoms with Gasteiger partial charge in [-0.15, -0.1) is 0 Å². The zero-order valence-corrected chi connectivity index (χ0v) is 16.1. The standard InChI is InChI=1S/C23H17NO4S/c25-19-8-4-7-18(21(19)26)13-20-22(27)24(23(28)29-20)14-15-9-11-17(12-10-15)16-5-2-1-3-6-16/h1-13,25-26H,14H2. The molecular weight excluding hydrogens is 386 g/mol. The number of phenolic OH excluding ortho intramolecular Hbond substituents is 2. The number of benzene rings is 3. The molecule has 0 unspecified atom stereocenters. The lowest BCUT2D eigenvalue weighted by Gasteiger charge is -2.13. The first-order valence-corrected chi connectivity index (χ1v) is 9.75. The first kappa shape index (κ1) is 18.8. The monoisotopic (exact) mass is 403 g/mol. The Morgan fingerprint density at radius 1 is 0.828 bits per heavy atom. The molecule has 2 N–H and O–H groups in total. The molecular formula is C23H17NO4S. The molecule has 0 aliphatic carbocycles. The van der Waals surface area contributed by atoms with Crippen molar-refractivity contribution in [2.75, 3.05) is 0 Å². The van der Waals surface area contributed by atoms with Crippen molar-refractivity contribution < 1.29 is 19.8 Å². The van der Waals surface area contributed by atoms with Gasteiger partial charge in [0.05, 0.1) is 11.4 Å². The van der Waals surface area contributed by atoms with E-state index in [0.717, 1.165) is 28.5 Å². The van der Waals surface area contributed by atoms with Gasteiger partial charge in [0, 0.05) is 5.56 Å². The van der Waals surface area contributed by atoms with Crippen LogP contribution in [0.1, 0.15) is 11.1 Å². The predicted octanol–water partition coefficient (Wildman–Crippen LogP) is 5.00. The maximum absolute atomic E-state index is 12.7. The van der Waals surface area contributed by atoms with E-state index >= 15 is 0 Å². The summed E-state index contributed by atoms with van der Waals surface area (Å²) in [5.74, 6) is -1.03. The molecule has 0 atom stereocenters. The van der Waals surface area contributed by atoms with Crippen LogP contribution in [-0.4, -0.2) is 26.3 Å². The van der Waals surface area contributed by atoms with Gasteiger partial charge in [0.1, 0.15) is 0 Å². The summed E-state index contributed by atoms with van der Waals surface area (Å²) in [5.41, 5.74) is 3.28. The summed E-state index contributed by atoms with van der Waals surface area (Å²) in [6, 6.07) is 22.1. The molecule has 144 valence electrons. The van der Waals surface area contributed by atoms with Crippen LogP contribution in [0.3, 0.4) is 0 Å². The molecule has 0 bridgehead atoms. The Hall–Kier alpha value is -3.51. The number of phenols is 2. The molecule has 1 aliphatic rings. The summed E-state index contributed by atoms with van der Waals surface area (Å²) >= 11 is 0.816. The Morgan fingerprint density at radius 2 is 1.52 bits per heavy atom. The number of aromatic hydroxyl groups is 2. The van der Waals surface area contributed by atoms with Gasteiger partial charge in [-0.05, 0) is 40.6 Å². The van der Waals surface area contributed by atoms with E-state index in [1.54, 1.807) is 12.1 Å². The van der Waals surface area contributed by atoms with Crippen molar-refractivity contribution in [3.05, 3.63) is 88.8 Å². The van der Waals surface area contributed by atoms with Crippen LogP contribution in [0.5, 0.6) is 11.5 Å². The van der Waals surface area contributed by atoms with E-state index in [1.165, 1.54) is 17.0 Å². The van der Waals surface area contributed by atoms with Gasteiger partial charge in [-0.3, -0.25) is 14.5 Å². The Kier molecular flexibility index (Phi) is 5.10. The van der Waals surface area contributed by atoms with E-state index in [2.05, 4.69) is 0 Å². The highest BCUT2D eigenvalue weighted by molar-refractivity contribution is 8.18. The van der Waals surface area contributed by atoms with Crippen LogP contribution in [0.2, 0.25) is 0 Å². The van der Waals surface area contributed by atoms with Crippen molar-refractivity contribution in [1.29, 1.82) is 0 Å². The second-order valence-corrected chi connectivity index (χ2v) is 7.54. The highest BCUT2D eigenvalue weighted by Crippen LogP contribution is 2.36. The second-order valence-electron chi connectivity index (χ2n) is 6.55. The molecule has 2 amide bonds. The fourth-order valence-electron chi connectivity index (χ4n) is 3.06. The van der Waals surface area contributed by atoms with Gasteiger partial charge in [0.25, 0.3) is 11.1 Å². The predicted molar refractivity (Wildman–Crippen MR) is 113 cm³/mol. The molecule has 1 aliphatic heterocycles. The average molecular weight is 403 g/mol. The maximum Gasteiger partial charge on any atom is 0.293 e. The van der Waals surface area contributed by atoms with Gasteiger partial charge in [0.15, 0.2) is 11.5 Å². The van der Waals surface area contributed by atoms with Crippen LogP contribution >= 0.6 is 11.8 Å². The van der Waals surface area contributed by atoms with Gasteiger partial charge in [0.2, 0.25) is 0 Å². The number of carbonyl (C=O) groups excluding carboxylic acids is 2. The zero-order chi connectivity index (χ0) is 20.4. The van der Waals surface area contributed by atoms with Crippen LogP contribution in [0.25, 0.3) is 17.2 Å². The second kappa shape index (κ2) is 7.85. The molecule has 1 heterocycles. The van der Waals surface area contributed by atoms with Crippen LogP contribution in [0, 0.1) is 0 Å². The SMILES string of the molecule is O=C1SC(=Cc2cccc(O)c2O)C(=O)N1Cc1ccc(-c2ccccc2)cc1. The minimum atomic E-state index is -0.421. The third kappa shape index (κ3) is 3.88. The zero-order valence-electron chi connectivity index (χ0n) is 15.3. The largest absolute Gasteiger partial charge is 0.504 e. The normalized spacial score (nSPS) is 15.3. The third-order valence-electron chi connectivity index (χ3n) is 4.61. The summed E-state index contributed by atoms with van der Waals surface area (Å²) in [6.45, 7) is 0.170. The van der Waals surface area contributed by atoms with E-state index < -0.39 is 5.91 Å². The van der Waals surface area contributed by atoms with Crippen molar-refractivity contribution in [1.82, 2.24) is 4.90 Å². The quantitative estimate of drug-likeness (QED) is 0.473. The lowest BCUT2D eigenvalue weighted by atomic mass is 10.0. The van der Waals surface area contributed by atoms with Crippen LogP contribution in [0.4, 0.5) is 4.79 Å². The number of imide groups is 1. The molecule has 0 aromatic heterocycles. The van der Waals surface area contributed by atoms with E-state index in [-0.39, 0.29) is 33.8 Å². The summed E-state index contributed by atoms with van der Waals surface area (Å²) in [7, 11) is 0. The van der Waals surface area contributed by atoms with Gasteiger partial charge in [-0.25, -0.2) is 0 Å². The van der Waals surface area contributed by atoms with E-state index in [0.29, 0.717) is 0 Å². The van der Waals surface area contributed by atoms with Crippen molar-refractivity contribution in [3.8, 4) is 22.6 Å². The lowest BCUT2D eigenvalue weighted by molar-refractivity contribution is -0.123. The first-order valence-electron chi connectivity index (χ1n) is 8.93. The summed E-state index contributed by atoms with van der Waals surface area (Å²) in [6.07, 6.45) is 1.42. The molecule has 4 rings (SSSR count). The lowest BCUT2D eigenvalue weighted by Crippen LogP contribution is -2.27. The molecule has 3 aromatic carbocycles. The highest BCUT2D eigenvalue weighted by Gasteiger charge is 2.35. The average Bonchev–Trinajstić information content (AvgIpc) is 3.00. The van der Waals surface area contributed by atoms with E-state index in [9.17, 15) is 19.8 Å². The summed E-state index contributed by atoms with van der Waals surface area (Å²) < 4.78 is 0. The number of nitrogens with zero attached hydrogens (tertiary/aromatic N) is 1. The van der Waals surface area contributed by atoms with E-state index in [1.807, 2.05) is 54.6 Å². The molecule has 6 heteroatoms. The molecule has 3 aromatic rings. The van der Waals surface area contributed by atoms with Crippen molar-refractivity contribution >= 4 is 29.0 Å². The maximum atomic E-state index is 12.7. The van der Waals surface area contributed by atoms with Crippen LogP contribution < -0.4 is 0 Å². The molecule has 0 saturated carbocycles. The fraction of sp³-hybridized carbons (Fsp3) is 0.0435. The van der Waals surface area contributed by atoms with Crippen molar-refractivity contribution in [2.45, 2.75) is 6.54 Å². The third-order valence-corrected chi connectivity index (χ3v) is 5.52. The number of hydrogen-bond donors (Lipinski definition) is 2. The molecule has 5 nitrogen and oxygen atoms in total. The molecule has 0 spiro atoms. The van der Waals surface area contributed by atoms with Crippen LogP contribution in [0.15, 0.2) is 77.7 Å². The van der Waals surface area contributed by atoms with E-state index in [4.69, 9.17) is 0 Å². The molecule has 1 fully saturated rings. The topological polar surface area (TPSA) is 77.8 Å². The Balaban J connectivity index is 1.52. The Morgan fingerprint density at radius 3 is 2.24 bits per heavy atom. The number of thioether (sulfide) groups is 1. The van der Waals surface area contributed by atoms with Gasteiger partial charge < -0.3 is 10.2 Å². The number of amides is 2. The highest BCUT2D eigenvalue weighted by atomic mass is 32.2. The number of carbonyl (C=O) groups is 2. The Labute approximate surface area is 171 Å². The smallest absolute Gasteiger partial charge is 0.293 e. The van der Waals surface area contributed by atoms with Gasteiger partial charge in [-0.1, -0.05) is 66.7 Å². The minimum absolute atomic E-state index is 0.170. The van der Waals surface area contributed by atoms with Crippen molar-refractivity contribution in [3.63, 3.8) is 0 Å². The molecule has 29 heavy (non-hydrogen) atoms. The fourth-order valence-corrected chi connectivity index (χ4v) is 3.89. The van der Waals surface area contributed by atoms with Crippen molar-refractivity contribution in [2.24, 2.45) is 0 Å². The molecule has 1 saturated heterocycles.